The number of hydrazine groups is 1. The quantitative estimate of drug-likeness (QED) is 0.706. The summed E-state index contributed by atoms with van der Waals surface area (Å²) in [6.45, 7) is 8.02. The van der Waals surface area contributed by atoms with Crippen LogP contribution in [0.2, 0.25) is 0 Å². The molecule has 5 heteroatoms. The molecule has 0 aliphatic rings. The Bertz CT molecular complexity index is 899. The zero-order chi connectivity index (χ0) is 16.6. The van der Waals surface area contributed by atoms with Crippen molar-refractivity contribution in [3.8, 4) is 0 Å². The molecule has 3 rings (SSSR count). The first-order valence-electron chi connectivity index (χ1n) is 7.45. The van der Waals surface area contributed by atoms with Gasteiger partial charge in [-0.05, 0) is 56.5 Å². The van der Waals surface area contributed by atoms with Gasteiger partial charge in [0.05, 0.1) is 10.2 Å². The van der Waals surface area contributed by atoms with Crippen LogP contribution in [-0.2, 0) is 0 Å². The lowest BCUT2D eigenvalue weighted by Crippen LogP contribution is -2.29. The SMILES string of the molecule is Cc1ccc(C)c(C(=O)NNc2nc3c(C)cc(C)cc3s2)c1. The van der Waals surface area contributed by atoms with Gasteiger partial charge in [0, 0.05) is 5.56 Å². The summed E-state index contributed by atoms with van der Waals surface area (Å²) in [4.78, 5) is 16.9. The zero-order valence-electron chi connectivity index (χ0n) is 13.7. The second kappa shape index (κ2) is 6.01. The number of rotatable bonds is 3. The molecule has 0 radical (unpaired) electrons. The number of aryl methyl sites for hydroxylation is 4. The van der Waals surface area contributed by atoms with E-state index in [1.165, 1.54) is 16.9 Å². The number of hydrogen-bond acceptors (Lipinski definition) is 4. The Morgan fingerprint density at radius 3 is 2.57 bits per heavy atom. The fourth-order valence-electron chi connectivity index (χ4n) is 2.58. The number of aromatic nitrogens is 1. The number of carbonyl (C=O) groups excluding carboxylic acids is 1. The van der Waals surface area contributed by atoms with E-state index in [1.807, 2.05) is 39.0 Å². The molecule has 4 nitrogen and oxygen atoms in total. The smallest absolute Gasteiger partial charge is 0.269 e. The number of nitrogens with zero attached hydrogens (tertiary/aromatic N) is 1. The summed E-state index contributed by atoms with van der Waals surface area (Å²) in [6, 6.07) is 10.1. The highest BCUT2D eigenvalue weighted by atomic mass is 32.1. The highest BCUT2D eigenvalue weighted by molar-refractivity contribution is 7.22. The van der Waals surface area contributed by atoms with Crippen LogP contribution in [0.3, 0.4) is 0 Å². The van der Waals surface area contributed by atoms with Crippen molar-refractivity contribution in [2.75, 3.05) is 5.43 Å². The summed E-state index contributed by atoms with van der Waals surface area (Å²) >= 11 is 1.53. The molecule has 0 aliphatic heterocycles. The Balaban J connectivity index is 1.79. The normalized spacial score (nSPS) is 10.8. The second-order valence-electron chi connectivity index (χ2n) is 5.85. The standard InChI is InChI=1S/C18H19N3OS/c1-10-5-6-12(3)14(8-10)17(22)20-21-18-19-16-13(4)7-11(2)9-15(16)23-18/h5-9H,1-4H3,(H,19,21)(H,20,22). The minimum Gasteiger partial charge on any atom is -0.273 e. The van der Waals surface area contributed by atoms with Gasteiger partial charge in [0.2, 0.25) is 5.13 Å². The molecular formula is C18H19N3OS. The largest absolute Gasteiger partial charge is 0.273 e. The molecule has 2 N–H and O–H groups in total. The molecule has 3 aromatic rings. The third-order valence-corrected chi connectivity index (χ3v) is 4.67. The van der Waals surface area contributed by atoms with Crippen LogP contribution < -0.4 is 10.9 Å². The van der Waals surface area contributed by atoms with Gasteiger partial charge in [-0.1, -0.05) is 35.1 Å². The fraction of sp³-hybridized carbons (Fsp3) is 0.222. The first kappa shape index (κ1) is 15.5. The highest BCUT2D eigenvalue weighted by Gasteiger charge is 2.11. The molecule has 0 aliphatic carbocycles. The second-order valence-corrected chi connectivity index (χ2v) is 6.88. The number of amides is 1. The van der Waals surface area contributed by atoms with E-state index >= 15 is 0 Å². The number of fused-ring (bicyclic) bond motifs is 1. The lowest BCUT2D eigenvalue weighted by atomic mass is 10.1. The molecular weight excluding hydrogens is 306 g/mol. The molecule has 118 valence electrons. The molecule has 23 heavy (non-hydrogen) atoms. The number of thiazole rings is 1. The van der Waals surface area contributed by atoms with Crippen LogP contribution in [0.4, 0.5) is 5.13 Å². The molecule has 0 saturated heterocycles. The number of nitrogens with one attached hydrogen (secondary N) is 2. The van der Waals surface area contributed by atoms with Gasteiger partial charge < -0.3 is 0 Å². The van der Waals surface area contributed by atoms with Crippen LogP contribution in [0.25, 0.3) is 10.2 Å². The number of hydrogen-bond donors (Lipinski definition) is 2. The third-order valence-electron chi connectivity index (χ3n) is 3.75. The van der Waals surface area contributed by atoms with E-state index < -0.39 is 0 Å². The highest BCUT2D eigenvalue weighted by Crippen LogP contribution is 2.28. The van der Waals surface area contributed by atoms with Crippen molar-refractivity contribution in [1.29, 1.82) is 0 Å². The van der Waals surface area contributed by atoms with Crippen molar-refractivity contribution in [1.82, 2.24) is 10.4 Å². The van der Waals surface area contributed by atoms with E-state index in [0.717, 1.165) is 26.9 Å². The monoisotopic (exact) mass is 325 g/mol. The van der Waals surface area contributed by atoms with E-state index in [-0.39, 0.29) is 5.91 Å². The number of anilines is 1. The summed E-state index contributed by atoms with van der Waals surface area (Å²) < 4.78 is 1.12. The average molecular weight is 325 g/mol. The van der Waals surface area contributed by atoms with Gasteiger partial charge in [0.15, 0.2) is 0 Å². The Morgan fingerprint density at radius 1 is 1.00 bits per heavy atom. The molecule has 0 fully saturated rings. The van der Waals surface area contributed by atoms with Crippen LogP contribution in [0.1, 0.15) is 32.6 Å². The molecule has 0 spiro atoms. The lowest BCUT2D eigenvalue weighted by molar-refractivity contribution is 0.0962. The third kappa shape index (κ3) is 3.19. The molecule has 0 bridgehead atoms. The van der Waals surface area contributed by atoms with Gasteiger partial charge in [0.1, 0.15) is 0 Å². The van der Waals surface area contributed by atoms with Gasteiger partial charge in [-0.25, -0.2) is 4.98 Å². The number of benzene rings is 2. The molecule has 1 amide bonds. The van der Waals surface area contributed by atoms with E-state index in [0.29, 0.717) is 10.7 Å². The Hall–Kier alpha value is -2.40. The van der Waals surface area contributed by atoms with Crippen LogP contribution in [0.5, 0.6) is 0 Å². The van der Waals surface area contributed by atoms with Crippen molar-refractivity contribution < 1.29 is 4.79 Å². The van der Waals surface area contributed by atoms with Gasteiger partial charge in [-0.15, -0.1) is 0 Å². The first-order chi connectivity index (χ1) is 10.9. The van der Waals surface area contributed by atoms with Crippen molar-refractivity contribution in [3.05, 3.63) is 58.1 Å². The van der Waals surface area contributed by atoms with Crippen molar-refractivity contribution in [2.45, 2.75) is 27.7 Å². The molecule has 1 aromatic heterocycles. The van der Waals surface area contributed by atoms with Gasteiger partial charge in [-0.2, -0.15) is 0 Å². The number of carbonyl (C=O) groups is 1. The van der Waals surface area contributed by atoms with Gasteiger partial charge in [0.25, 0.3) is 5.91 Å². The van der Waals surface area contributed by atoms with Gasteiger partial charge in [-0.3, -0.25) is 15.6 Å². The minimum absolute atomic E-state index is 0.154. The molecule has 1 heterocycles. The van der Waals surface area contributed by atoms with Crippen LogP contribution >= 0.6 is 11.3 Å². The summed E-state index contributed by atoms with van der Waals surface area (Å²) in [7, 11) is 0. The molecule has 0 atom stereocenters. The van der Waals surface area contributed by atoms with E-state index in [9.17, 15) is 4.79 Å². The van der Waals surface area contributed by atoms with E-state index in [2.05, 4.69) is 34.9 Å². The Morgan fingerprint density at radius 2 is 1.78 bits per heavy atom. The maximum atomic E-state index is 12.3. The molecule has 0 unspecified atom stereocenters. The van der Waals surface area contributed by atoms with Gasteiger partial charge >= 0.3 is 0 Å². The predicted molar refractivity (Wildman–Crippen MR) is 96.1 cm³/mol. The van der Waals surface area contributed by atoms with Crippen LogP contribution in [0, 0.1) is 27.7 Å². The van der Waals surface area contributed by atoms with Crippen LogP contribution in [0.15, 0.2) is 30.3 Å². The molecule has 0 saturated carbocycles. The fourth-order valence-corrected chi connectivity index (χ4v) is 3.58. The van der Waals surface area contributed by atoms with Crippen molar-refractivity contribution >= 4 is 32.6 Å². The Kier molecular flexibility index (Phi) is 4.05. The Labute approximate surface area is 139 Å². The zero-order valence-corrected chi connectivity index (χ0v) is 14.5. The van der Waals surface area contributed by atoms with Crippen LogP contribution in [-0.4, -0.2) is 10.9 Å². The average Bonchev–Trinajstić information content (AvgIpc) is 2.90. The maximum Gasteiger partial charge on any atom is 0.269 e. The van der Waals surface area contributed by atoms with Crippen molar-refractivity contribution in [2.24, 2.45) is 0 Å². The predicted octanol–water partition coefficient (Wildman–Crippen LogP) is 4.29. The van der Waals surface area contributed by atoms with E-state index in [4.69, 9.17) is 0 Å². The summed E-state index contributed by atoms with van der Waals surface area (Å²) in [5, 5.41) is 0.687. The topological polar surface area (TPSA) is 54.0 Å². The van der Waals surface area contributed by atoms with Crippen molar-refractivity contribution in [3.63, 3.8) is 0 Å². The maximum absolute atomic E-state index is 12.3. The molecule has 2 aromatic carbocycles. The lowest BCUT2D eigenvalue weighted by Gasteiger charge is -2.08. The summed E-state index contributed by atoms with van der Waals surface area (Å²) in [5.74, 6) is -0.154. The summed E-state index contributed by atoms with van der Waals surface area (Å²) in [6.07, 6.45) is 0. The minimum atomic E-state index is -0.154. The first-order valence-corrected chi connectivity index (χ1v) is 8.27. The van der Waals surface area contributed by atoms with E-state index in [1.54, 1.807) is 0 Å². The summed E-state index contributed by atoms with van der Waals surface area (Å²) in [5.41, 5.74) is 11.7.